The lowest BCUT2D eigenvalue weighted by atomic mass is 9.65. The Bertz CT molecular complexity index is 248. The predicted molar refractivity (Wildman–Crippen MR) is 69.4 cm³/mol. The van der Waals surface area contributed by atoms with E-state index in [1.165, 1.54) is 6.42 Å². The first-order valence-corrected chi connectivity index (χ1v) is 6.65. The molecule has 0 aromatic heterocycles. The van der Waals surface area contributed by atoms with E-state index in [1.54, 1.807) is 0 Å². The van der Waals surface area contributed by atoms with Gasteiger partial charge >= 0.3 is 0 Å². The van der Waals surface area contributed by atoms with Crippen LogP contribution in [0.15, 0.2) is 0 Å². The summed E-state index contributed by atoms with van der Waals surface area (Å²) >= 11 is 0. The average molecular weight is 224 g/mol. The Morgan fingerprint density at radius 2 is 1.62 bits per heavy atom. The molecule has 94 valence electrons. The highest BCUT2D eigenvalue weighted by Gasteiger charge is 2.39. The molecule has 1 atom stereocenters. The van der Waals surface area contributed by atoms with E-state index in [2.05, 4.69) is 41.5 Å². The molecule has 1 aliphatic carbocycles. The highest BCUT2D eigenvalue weighted by Crippen LogP contribution is 2.41. The number of ketones is 1. The molecule has 1 unspecified atom stereocenters. The molecule has 0 bridgehead atoms. The van der Waals surface area contributed by atoms with Crippen molar-refractivity contribution in [2.75, 3.05) is 0 Å². The molecule has 1 heteroatoms. The van der Waals surface area contributed by atoms with Gasteiger partial charge in [0.05, 0.1) is 0 Å². The van der Waals surface area contributed by atoms with Gasteiger partial charge in [0.25, 0.3) is 0 Å². The molecule has 1 rings (SSSR count). The van der Waals surface area contributed by atoms with Crippen molar-refractivity contribution in [3.8, 4) is 0 Å². The van der Waals surface area contributed by atoms with Gasteiger partial charge in [-0.3, -0.25) is 4.79 Å². The van der Waals surface area contributed by atoms with Gasteiger partial charge in [-0.1, -0.05) is 48.0 Å². The Kier molecular flexibility index (Phi) is 3.87. The molecule has 0 radical (unpaired) electrons. The molecular weight excluding hydrogens is 196 g/mol. The molecule has 1 fully saturated rings. The predicted octanol–water partition coefficient (Wildman–Crippen LogP) is 4.45. The van der Waals surface area contributed by atoms with E-state index in [9.17, 15) is 4.79 Å². The van der Waals surface area contributed by atoms with Gasteiger partial charge in [0.2, 0.25) is 0 Å². The smallest absolute Gasteiger partial charge is 0.139 e. The molecule has 0 N–H and O–H groups in total. The monoisotopic (exact) mass is 224 g/mol. The fourth-order valence-corrected chi connectivity index (χ4v) is 2.42. The second-order valence-electron chi connectivity index (χ2n) is 7.71. The number of rotatable bonds is 3. The topological polar surface area (TPSA) is 17.1 Å². The zero-order chi connectivity index (χ0) is 12.6. The SMILES string of the molecule is CC(C)(C)CC(C(=O)C1CCC1)C(C)(C)C. The van der Waals surface area contributed by atoms with Crippen LogP contribution < -0.4 is 0 Å². The second-order valence-corrected chi connectivity index (χ2v) is 7.71. The van der Waals surface area contributed by atoms with E-state index in [4.69, 9.17) is 0 Å². The highest BCUT2D eigenvalue weighted by molar-refractivity contribution is 5.84. The Hall–Kier alpha value is -0.330. The summed E-state index contributed by atoms with van der Waals surface area (Å²) in [7, 11) is 0. The highest BCUT2D eigenvalue weighted by atomic mass is 16.1. The van der Waals surface area contributed by atoms with Crippen LogP contribution in [-0.2, 0) is 4.79 Å². The Balaban J connectivity index is 2.74. The Morgan fingerprint density at radius 3 is 1.88 bits per heavy atom. The second kappa shape index (κ2) is 4.50. The number of hydrogen-bond acceptors (Lipinski definition) is 1. The molecule has 16 heavy (non-hydrogen) atoms. The first-order chi connectivity index (χ1) is 7.11. The first kappa shape index (κ1) is 13.7. The summed E-state index contributed by atoms with van der Waals surface area (Å²) in [5, 5.41) is 0. The van der Waals surface area contributed by atoms with Gasteiger partial charge in [0.15, 0.2) is 0 Å². The van der Waals surface area contributed by atoms with Gasteiger partial charge in [-0.05, 0) is 30.1 Å². The van der Waals surface area contributed by atoms with Gasteiger partial charge in [-0.25, -0.2) is 0 Å². The van der Waals surface area contributed by atoms with Gasteiger partial charge < -0.3 is 0 Å². The third-order valence-corrected chi connectivity index (χ3v) is 3.71. The largest absolute Gasteiger partial charge is 0.299 e. The van der Waals surface area contributed by atoms with Crippen LogP contribution in [0, 0.1) is 22.7 Å². The zero-order valence-electron chi connectivity index (χ0n) is 11.9. The average Bonchev–Trinajstić information content (AvgIpc) is 1.92. The molecule has 0 amide bonds. The summed E-state index contributed by atoms with van der Waals surface area (Å²) < 4.78 is 0. The van der Waals surface area contributed by atoms with E-state index in [1.807, 2.05) is 0 Å². The van der Waals surface area contributed by atoms with Gasteiger partial charge in [-0.2, -0.15) is 0 Å². The molecule has 1 nitrogen and oxygen atoms in total. The van der Waals surface area contributed by atoms with Crippen molar-refractivity contribution in [2.24, 2.45) is 22.7 Å². The number of hydrogen-bond donors (Lipinski definition) is 0. The summed E-state index contributed by atoms with van der Waals surface area (Å²) in [6.45, 7) is 13.3. The molecule has 0 spiro atoms. The third-order valence-electron chi connectivity index (χ3n) is 3.71. The first-order valence-electron chi connectivity index (χ1n) is 6.65. The lowest BCUT2D eigenvalue weighted by molar-refractivity contribution is -0.134. The fraction of sp³-hybridized carbons (Fsp3) is 0.933. The van der Waals surface area contributed by atoms with Crippen LogP contribution >= 0.6 is 0 Å². The quantitative estimate of drug-likeness (QED) is 0.692. The van der Waals surface area contributed by atoms with E-state index < -0.39 is 0 Å². The standard InChI is InChI=1S/C15H28O/c1-14(2,3)10-12(15(4,5)6)13(16)11-8-7-9-11/h11-12H,7-10H2,1-6H3. The van der Waals surface area contributed by atoms with E-state index in [0.29, 0.717) is 11.7 Å². The number of carbonyl (C=O) groups excluding carboxylic acids is 1. The van der Waals surface area contributed by atoms with Crippen LogP contribution in [0.1, 0.15) is 67.2 Å². The van der Waals surface area contributed by atoms with Crippen molar-refractivity contribution in [3.63, 3.8) is 0 Å². The van der Waals surface area contributed by atoms with Crippen LogP contribution in [0.3, 0.4) is 0 Å². The summed E-state index contributed by atoms with van der Waals surface area (Å²) in [4.78, 5) is 12.4. The lowest BCUT2D eigenvalue weighted by Gasteiger charge is -2.38. The van der Waals surface area contributed by atoms with Crippen LogP contribution in [0.25, 0.3) is 0 Å². The lowest BCUT2D eigenvalue weighted by Crippen LogP contribution is -2.38. The molecular formula is C15H28O. The van der Waals surface area contributed by atoms with Crippen molar-refractivity contribution >= 4 is 5.78 Å². The normalized spacial score (nSPS) is 20.4. The Morgan fingerprint density at radius 1 is 1.12 bits per heavy atom. The minimum Gasteiger partial charge on any atom is -0.299 e. The van der Waals surface area contributed by atoms with Gasteiger partial charge in [0, 0.05) is 11.8 Å². The number of carbonyl (C=O) groups is 1. The van der Waals surface area contributed by atoms with Crippen molar-refractivity contribution in [3.05, 3.63) is 0 Å². The maximum absolute atomic E-state index is 12.4. The van der Waals surface area contributed by atoms with Crippen molar-refractivity contribution in [2.45, 2.75) is 67.2 Å². The molecule has 0 saturated heterocycles. The zero-order valence-corrected chi connectivity index (χ0v) is 11.9. The van der Waals surface area contributed by atoms with E-state index >= 15 is 0 Å². The van der Waals surface area contributed by atoms with Crippen molar-refractivity contribution in [1.82, 2.24) is 0 Å². The summed E-state index contributed by atoms with van der Waals surface area (Å²) in [5.74, 6) is 1.15. The molecule has 1 saturated carbocycles. The van der Waals surface area contributed by atoms with Crippen LogP contribution in [0.2, 0.25) is 0 Å². The van der Waals surface area contributed by atoms with Crippen LogP contribution in [0.4, 0.5) is 0 Å². The fourth-order valence-electron chi connectivity index (χ4n) is 2.42. The molecule has 0 aromatic carbocycles. The minimum atomic E-state index is 0.111. The Labute approximate surface area is 101 Å². The molecule has 0 heterocycles. The molecule has 0 aromatic rings. The number of Topliss-reactive ketones (excluding diaryl/α,β-unsaturated/α-hetero) is 1. The third kappa shape index (κ3) is 3.61. The summed E-state index contributed by atoms with van der Waals surface area (Å²) in [5.41, 5.74) is 0.358. The van der Waals surface area contributed by atoms with Crippen LogP contribution in [0.5, 0.6) is 0 Å². The van der Waals surface area contributed by atoms with E-state index in [-0.39, 0.29) is 16.7 Å². The molecule has 0 aliphatic heterocycles. The van der Waals surface area contributed by atoms with Crippen molar-refractivity contribution in [1.29, 1.82) is 0 Å². The maximum atomic E-state index is 12.4. The summed E-state index contributed by atoms with van der Waals surface area (Å²) in [6.07, 6.45) is 4.54. The van der Waals surface area contributed by atoms with Gasteiger partial charge in [-0.15, -0.1) is 0 Å². The maximum Gasteiger partial charge on any atom is 0.139 e. The summed E-state index contributed by atoms with van der Waals surface area (Å²) in [6, 6.07) is 0. The minimum absolute atomic E-state index is 0.111. The molecule has 1 aliphatic rings. The van der Waals surface area contributed by atoms with Crippen LogP contribution in [-0.4, -0.2) is 5.78 Å². The van der Waals surface area contributed by atoms with E-state index in [0.717, 1.165) is 19.3 Å². The van der Waals surface area contributed by atoms with Gasteiger partial charge in [0.1, 0.15) is 5.78 Å². The van der Waals surface area contributed by atoms with Crippen molar-refractivity contribution < 1.29 is 4.79 Å².